The van der Waals surface area contributed by atoms with Gasteiger partial charge in [0, 0.05) is 6.42 Å². The summed E-state index contributed by atoms with van der Waals surface area (Å²) in [7, 11) is 0. The van der Waals surface area contributed by atoms with Crippen molar-refractivity contribution in [3.05, 3.63) is 69.7 Å². The average Bonchev–Trinajstić information content (AvgIpc) is 3.13. The molecular formula is C18H15F3N2O2S. The van der Waals surface area contributed by atoms with Gasteiger partial charge in [-0.2, -0.15) is 13.2 Å². The number of hydrogen-bond acceptors (Lipinski definition) is 4. The number of carbonyl (C=O) groups excluding carboxylic acids is 1. The zero-order valence-corrected chi connectivity index (χ0v) is 14.8. The summed E-state index contributed by atoms with van der Waals surface area (Å²) in [6, 6.07) is 6.73. The summed E-state index contributed by atoms with van der Waals surface area (Å²) in [5.41, 5.74) is 0.869. The second-order valence-corrected chi connectivity index (χ2v) is 6.83. The number of thiazole rings is 1. The number of nitrogens with one attached hydrogen (secondary N) is 1. The number of rotatable bonds is 4. The van der Waals surface area contributed by atoms with Crippen molar-refractivity contribution in [1.29, 1.82) is 0 Å². The van der Waals surface area contributed by atoms with Gasteiger partial charge >= 0.3 is 6.18 Å². The van der Waals surface area contributed by atoms with Crippen LogP contribution in [0.3, 0.4) is 0 Å². The molecule has 0 aliphatic heterocycles. The van der Waals surface area contributed by atoms with Crippen LogP contribution in [0.4, 0.5) is 18.2 Å². The molecule has 3 aromatic rings. The lowest BCUT2D eigenvalue weighted by atomic mass is 10.1. The number of amides is 1. The van der Waals surface area contributed by atoms with E-state index in [1.165, 1.54) is 23.7 Å². The largest absolute Gasteiger partial charge is 0.469 e. The molecule has 136 valence electrons. The Morgan fingerprint density at radius 1 is 1.27 bits per heavy atom. The van der Waals surface area contributed by atoms with E-state index in [1.807, 2.05) is 0 Å². The minimum absolute atomic E-state index is 0.260. The smallest absolute Gasteiger partial charge is 0.416 e. The zero-order valence-electron chi connectivity index (χ0n) is 14.0. The maximum absolute atomic E-state index is 12.8. The molecule has 2 heterocycles. The number of halogens is 3. The van der Waals surface area contributed by atoms with E-state index >= 15 is 0 Å². The molecular weight excluding hydrogens is 365 g/mol. The highest BCUT2D eigenvalue weighted by Gasteiger charge is 2.30. The number of alkyl halides is 3. The Bertz CT molecular complexity index is 944. The molecule has 1 amide bonds. The maximum Gasteiger partial charge on any atom is 0.416 e. The summed E-state index contributed by atoms with van der Waals surface area (Å²) in [5, 5.41) is 3.97. The van der Waals surface area contributed by atoms with Crippen LogP contribution in [0.1, 0.15) is 37.9 Å². The van der Waals surface area contributed by atoms with Crippen molar-refractivity contribution in [3.63, 3.8) is 0 Å². The van der Waals surface area contributed by atoms with Gasteiger partial charge in [0.15, 0.2) is 0 Å². The highest BCUT2D eigenvalue weighted by Crippen LogP contribution is 2.31. The molecule has 2 aromatic heterocycles. The normalized spacial score (nSPS) is 11.6. The number of aryl methyl sites for hydroxylation is 2. The minimum Gasteiger partial charge on any atom is -0.469 e. The Morgan fingerprint density at radius 2 is 2.04 bits per heavy atom. The van der Waals surface area contributed by atoms with E-state index in [-0.39, 0.29) is 12.3 Å². The van der Waals surface area contributed by atoms with Gasteiger partial charge in [0.25, 0.3) is 5.91 Å². The number of hydrogen-bond donors (Lipinski definition) is 1. The first kappa shape index (κ1) is 18.2. The van der Waals surface area contributed by atoms with E-state index in [0.29, 0.717) is 32.6 Å². The van der Waals surface area contributed by atoms with E-state index in [1.54, 1.807) is 26.0 Å². The Kier molecular flexibility index (Phi) is 4.86. The van der Waals surface area contributed by atoms with Crippen LogP contribution in [0, 0.1) is 13.8 Å². The summed E-state index contributed by atoms with van der Waals surface area (Å²) in [6.45, 7) is 3.43. The lowest BCUT2D eigenvalue weighted by Gasteiger charge is -2.07. The molecule has 0 fully saturated rings. The summed E-state index contributed by atoms with van der Waals surface area (Å²) in [6.07, 6.45) is -2.69. The molecule has 0 aliphatic rings. The van der Waals surface area contributed by atoms with Crippen LogP contribution >= 0.6 is 11.3 Å². The maximum atomic E-state index is 12.8. The van der Waals surface area contributed by atoms with Crippen LogP contribution < -0.4 is 5.32 Å². The van der Waals surface area contributed by atoms with Crippen molar-refractivity contribution in [2.75, 3.05) is 5.32 Å². The molecule has 1 N–H and O–H groups in total. The van der Waals surface area contributed by atoms with Gasteiger partial charge in [0.1, 0.15) is 10.8 Å². The molecule has 3 rings (SSSR count). The summed E-state index contributed by atoms with van der Waals surface area (Å²) < 4.78 is 43.6. The molecule has 1 aromatic carbocycles. The molecule has 0 aliphatic carbocycles. The van der Waals surface area contributed by atoms with E-state index in [9.17, 15) is 18.0 Å². The first-order chi connectivity index (χ1) is 12.2. The Morgan fingerprint density at radius 3 is 2.69 bits per heavy atom. The Hall–Kier alpha value is -2.61. The number of benzene rings is 1. The summed E-state index contributed by atoms with van der Waals surface area (Å²) in [5.74, 6) is 0.197. The molecule has 0 atom stereocenters. The highest BCUT2D eigenvalue weighted by atomic mass is 32.1. The number of nitrogens with zero attached hydrogens (tertiary/aromatic N) is 1. The fourth-order valence-corrected chi connectivity index (χ4v) is 3.46. The quantitative estimate of drug-likeness (QED) is 0.676. The van der Waals surface area contributed by atoms with Crippen LogP contribution in [-0.2, 0) is 12.6 Å². The van der Waals surface area contributed by atoms with Crippen LogP contribution in [0.15, 0.2) is 41.0 Å². The third-order valence-electron chi connectivity index (χ3n) is 3.78. The van der Waals surface area contributed by atoms with Crippen LogP contribution in [0.5, 0.6) is 0 Å². The van der Waals surface area contributed by atoms with Gasteiger partial charge in [-0.15, -0.1) is 11.3 Å². The fraction of sp³-hybridized carbons (Fsp3) is 0.222. The molecule has 4 nitrogen and oxygen atoms in total. The standard InChI is InChI=1S/C18H15F3N2O2S/c1-10-17(23-16(24)14-6-7-25-11(14)2)26-15(22-10)9-12-4-3-5-13(8-12)18(19,20)21/h3-8H,9H2,1-2H3,(H,23,24). The molecule has 0 saturated heterocycles. The average molecular weight is 380 g/mol. The van der Waals surface area contributed by atoms with Gasteiger partial charge in [-0.1, -0.05) is 18.2 Å². The van der Waals surface area contributed by atoms with Crippen LogP contribution in [-0.4, -0.2) is 10.9 Å². The van der Waals surface area contributed by atoms with E-state index < -0.39 is 11.7 Å². The second-order valence-electron chi connectivity index (χ2n) is 5.74. The van der Waals surface area contributed by atoms with Crippen molar-refractivity contribution >= 4 is 22.2 Å². The van der Waals surface area contributed by atoms with Crippen molar-refractivity contribution < 1.29 is 22.4 Å². The van der Waals surface area contributed by atoms with Gasteiger partial charge in [-0.25, -0.2) is 4.98 Å². The monoisotopic (exact) mass is 380 g/mol. The number of anilines is 1. The van der Waals surface area contributed by atoms with E-state index in [2.05, 4.69) is 10.3 Å². The van der Waals surface area contributed by atoms with Gasteiger partial charge in [0.05, 0.1) is 28.1 Å². The van der Waals surface area contributed by atoms with E-state index in [4.69, 9.17) is 4.42 Å². The first-order valence-corrected chi connectivity index (χ1v) is 8.53. The van der Waals surface area contributed by atoms with Crippen molar-refractivity contribution in [3.8, 4) is 0 Å². The van der Waals surface area contributed by atoms with Crippen molar-refractivity contribution in [2.45, 2.75) is 26.4 Å². The van der Waals surface area contributed by atoms with Crippen molar-refractivity contribution in [2.24, 2.45) is 0 Å². The molecule has 0 saturated carbocycles. The molecule has 0 spiro atoms. The lowest BCUT2D eigenvalue weighted by Crippen LogP contribution is -2.11. The third-order valence-corrected chi connectivity index (χ3v) is 4.85. The van der Waals surface area contributed by atoms with E-state index in [0.717, 1.165) is 12.1 Å². The predicted molar refractivity (Wildman–Crippen MR) is 92.5 cm³/mol. The van der Waals surface area contributed by atoms with Gasteiger partial charge < -0.3 is 9.73 Å². The first-order valence-electron chi connectivity index (χ1n) is 7.72. The van der Waals surface area contributed by atoms with Gasteiger partial charge in [-0.05, 0) is 31.5 Å². The molecule has 8 heteroatoms. The topological polar surface area (TPSA) is 55.1 Å². The third kappa shape index (κ3) is 3.96. The predicted octanol–water partition coefficient (Wildman–Crippen LogP) is 5.21. The van der Waals surface area contributed by atoms with Crippen molar-refractivity contribution in [1.82, 2.24) is 4.98 Å². The minimum atomic E-state index is -4.38. The van der Waals surface area contributed by atoms with Crippen LogP contribution in [0.2, 0.25) is 0 Å². The van der Waals surface area contributed by atoms with Crippen LogP contribution in [0.25, 0.3) is 0 Å². The zero-order chi connectivity index (χ0) is 18.9. The number of furan rings is 1. The van der Waals surface area contributed by atoms with Gasteiger partial charge in [-0.3, -0.25) is 4.79 Å². The summed E-state index contributed by atoms with van der Waals surface area (Å²) >= 11 is 1.24. The molecule has 0 unspecified atom stereocenters. The summed E-state index contributed by atoms with van der Waals surface area (Å²) in [4.78, 5) is 16.6. The number of aromatic nitrogens is 1. The Balaban J connectivity index is 1.76. The molecule has 0 radical (unpaired) electrons. The highest BCUT2D eigenvalue weighted by molar-refractivity contribution is 7.16. The lowest BCUT2D eigenvalue weighted by molar-refractivity contribution is -0.137. The fourth-order valence-electron chi connectivity index (χ4n) is 2.47. The molecule has 26 heavy (non-hydrogen) atoms. The molecule has 0 bridgehead atoms. The van der Waals surface area contributed by atoms with Gasteiger partial charge in [0.2, 0.25) is 0 Å². The number of carbonyl (C=O) groups is 1. The second kappa shape index (κ2) is 6.95. The SMILES string of the molecule is Cc1nc(Cc2cccc(C(F)(F)F)c2)sc1NC(=O)c1ccoc1C. The Labute approximate surface area is 151 Å².